The number of hydrogen-bond donors (Lipinski definition) is 0. The molecule has 0 spiro atoms. The van der Waals surface area contributed by atoms with E-state index in [1.54, 1.807) is 38.1 Å². The van der Waals surface area contributed by atoms with Gasteiger partial charge in [0.2, 0.25) is 0 Å². The van der Waals surface area contributed by atoms with E-state index in [1.807, 2.05) is 6.07 Å². The van der Waals surface area contributed by atoms with Gasteiger partial charge in [0.05, 0.1) is 5.92 Å². The largest absolute Gasteiger partial charge is 0.461 e. The summed E-state index contributed by atoms with van der Waals surface area (Å²) in [6.45, 7) is 3.28. The number of rotatable bonds is 4. The third-order valence-corrected chi connectivity index (χ3v) is 3.99. The Kier molecular flexibility index (Phi) is 4.31. The van der Waals surface area contributed by atoms with E-state index in [0.717, 1.165) is 5.56 Å². The number of ether oxygens (including phenoxy) is 1. The summed E-state index contributed by atoms with van der Waals surface area (Å²) < 4.78 is 54.8. The lowest BCUT2D eigenvalue weighted by Crippen LogP contribution is -2.11. The summed E-state index contributed by atoms with van der Waals surface area (Å²) in [5, 5.41) is 0. The molecule has 0 radical (unpaired) electrons. The summed E-state index contributed by atoms with van der Waals surface area (Å²) in [6, 6.07) is 8.93. The fourth-order valence-corrected chi connectivity index (χ4v) is 2.51. The summed E-state index contributed by atoms with van der Waals surface area (Å²) in [6.07, 6.45) is -4.54. The zero-order valence-corrected chi connectivity index (χ0v) is 12.2. The van der Waals surface area contributed by atoms with Gasteiger partial charge in [-0.05, 0) is 23.0 Å². The van der Waals surface area contributed by atoms with Gasteiger partial charge in [-0.1, -0.05) is 44.2 Å². The van der Waals surface area contributed by atoms with Crippen LogP contribution in [0.15, 0.2) is 42.2 Å². The quantitative estimate of drug-likeness (QED) is 0.607. The van der Waals surface area contributed by atoms with Gasteiger partial charge in [0.25, 0.3) is 0 Å². The molecular formula is C16H16F4O2. The van der Waals surface area contributed by atoms with Crippen molar-refractivity contribution in [2.45, 2.75) is 26.6 Å². The molecule has 0 bridgehead atoms. The van der Waals surface area contributed by atoms with E-state index >= 15 is 0 Å². The average Bonchev–Trinajstić information content (AvgIpc) is 2.97. The monoisotopic (exact) mass is 316 g/mol. The van der Waals surface area contributed by atoms with Crippen molar-refractivity contribution in [1.82, 2.24) is 0 Å². The van der Waals surface area contributed by atoms with E-state index in [0.29, 0.717) is 6.08 Å². The molecule has 1 fully saturated rings. The van der Waals surface area contributed by atoms with Crippen LogP contribution in [0.2, 0.25) is 0 Å². The van der Waals surface area contributed by atoms with E-state index in [1.165, 1.54) is 0 Å². The van der Waals surface area contributed by atoms with Gasteiger partial charge in [-0.15, -0.1) is 0 Å². The summed E-state index contributed by atoms with van der Waals surface area (Å²) in [7, 11) is 0. The molecule has 2 rings (SSSR count). The highest BCUT2D eigenvalue weighted by Gasteiger charge is 2.62. The Hall–Kier alpha value is -1.85. The van der Waals surface area contributed by atoms with Gasteiger partial charge in [0.1, 0.15) is 6.61 Å². The molecule has 0 saturated heterocycles. The minimum absolute atomic E-state index is 0.0461. The first-order chi connectivity index (χ1) is 10.1. The van der Waals surface area contributed by atoms with E-state index in [4.69, 9.17) is 4.74 Å². The standard InChI is InChI=1S/C16H16F4O2/c1-15(2)11(8-12(17)16(18,19)20)13(15)14(21)22-9-10-6-4-3-5-7-10/h3-8,11,13H,9H2,1-2H3. The molecule has 0 heterocycles. The van der Waals surface area contributed by atoms with Crippen molar-refractivity contribution in [2.24, 2.45) is 17.3 Å². The van der Waals surface area contributed by atoms with Crippen LogP contribution in [0.5, 0.6) is 0 Å². The van der Waals surface area contributed by atoms with Gasteiger partial charge in [-0.3, -0.25) is 4.79 Å². The summed E-state index contributed by atoms with van der Waals surface area (Å²) in [5.41, 5.74) is 0.0407. The molecule has 0 aliphatic heterocycles. The molecule has 22 heavy (non-hydrogen) atoms. The molecule has 1 aliphatic rings. The third-order valence-electron chi connectivity index (χ3n) is 3.99. The minimum Gasteiger partial charge on any atom is -0.461 e. The molecule has 2 nitrogen and oxygen atoms in total. The Labute approximate surface area is 125 Å². The van der Waals surface area contributed by atoms with Crippen LogP contribution in [-0.2, 0) is 16.1 Å². The normalized spacial score (nSPS) is 24.0. The molecule has 1 aliphatic carbocycles. The Morgan fingerprint density at radius 1 is 1.27 bits per heavy atom. The maximum atomic E-state index is 13.0. The second kappa shape index (κ2) is 5.74. The lowest BCUT2D eigenvalue weighted by atomic mass is 10.1. The van der Waals surface area contributed by atoms with Gasteiger partial charge in [0, 0.05) is 0 Å². The zero-order chi connectivity index (χ0) is 16.5. The van der Waals surface area contributed by atoms with E-state index in [2.05, 4.69) is 0 Å². The van der Waals surface area contributed by atoms with E-state index < -0.39 is 35.2 Å². The fourth-order valence-electron chi connectivity index (χ4n) is 2.51. The van der Waals surface area contributed by atoms with Crippen LogP contribution >= 0.6 is 0 Å². The number of benzene rings is 1. The number of carbonyl (C=O) groups is 1. The molecule has 6 heteroatoms. The molecular weight excluding hydrogens is 300 g/mol. The first kappa shape index (κ1) is 16.5. The van der Waals surface area contributed by atoms with Crippen molar-refractivity contribution in [3.63, 3.8) is 0 Å². The van der Waals surface area contributed by atoms with Crippen molar-refractivity contribution in [3.8, 4) is 0 Å². The first-order valence-electron chi connectivity index (χ1n) is 6.79. The smallest absolute Gasteiger partial charge is 0.442 e. The van der Waals surface area contributed by atoms with Crippen molar-refractivity contribution in [1.29, 1.82) is 0 Å². The molecule has 0 amide bonds. The lowest BCUT2D eigenvalue weighted by molar-refractivity contribution is -0.147. The highest BCUT2D eigenvalue weighted by molar-refractivity contribution is 5.78. The van der Waals surface area contributed by atoms with Crippen molar-refractivity contribution >= 4 is 5.97 Å². The Balaban J connectivity index is 1.99. The molecule has 1 saturated carbocycles. The van der Waals surface area contributed by atoms with Gasteiger partial charge in [-0.25, -0.2) is 4.39 Å². The third kappa shape index (κ3) is 3.48. The lowest BCUT2D eigenvalue weighted by Gasteiger charge is -2.05. The number of alkyl halides is 3. The topological polar surface area (TPSA) is 26.3 Å². The maximum absolute atomic E-state index is 13.0. The van der Waals surface area contributed by atoms with Crippen LogP contribution in [0.25, 0.3) is 0 Å². The van der Waals surface area contributed by atoms with Crippen LogP contribution < -0.4 is 0 Å². The molecule has 2 atom stereocenters. The predicted octanol–water partition coefficient (Wildman–Crippen LogP) is 4.42. The van der Waals surface area contributed by atoms with Crippen LogP contribution in [-0.4, -0.2) is 12.1 Å². The Bertz CT molecular complexity index is 576. The van der Waals surface area contributed by atoms with Crippen LogP contribution in [0.4, 0.5) is 17.6 Å². The first-order valence-corrected chi connectivity index (χ1v) is 6.79. The second-order valence-corrected chi connectivity index (χ2v) is 5.93. The maximum Gasteiger partial charge on any atom is 0.442 e. The summed E-state index contributed by atoms with van der Waals surface area (Å²) >= 11 is 0. The number of esters is 1. The van der Waals surface area contributed by atoms with Crippen LogP contribution in [0, 0.1) is 17.3 Å². The highest BCUT2D eigenvalue weighted by Crippen LogP contribution is 2.60. The molecule has 120 valence electrons. The van der Waals surface area contributed by atoms with Gasteiger partial charge >= 0.3 is 12.1 Å². The van der Waals surface area contributed by atoms with E-state index in [9.17, 15) is 22.4 Å². The number of carbonyl (C=O) groups excluding carboxylic acids is 1. The average molecular weight is 316 g/mol. The SMILES string of the molecule is CC1(C)C(C=C(F)C(F)(F)F)C1C(=O)OCc1ccccc1. The number of allylic oxidation sites excluding steroid dienone is 2. The fraction of sp³-hybridized carbons (Fsp3) is 0.438. The highest BCUT2D eigenvalue weighted by atomic mass is 19.4. The van der Waals surface area contributed by atoms with Crippen LogP contribution in [0.1, 0.15) is 19.4 Å². The van der Waals surface area contributed by atoms with Gasteiger partial charge in [-0.2, -0.15) is 13.2 Å². The number of hydrogen-bond acceptors (Lipinski definition) is 2. The molecule has 0 N–H and O–H groups in total. The van der Waals surface area contributed by atoms with Gasteiger partial charge < -0.3 is 4.74 Å². The predicted molar refractivity (Wildman–Crippen MR) is 72.2 cm³/mol. The molecule has 0 aromatic heterocycles. The van der Waals surface area contributed by atoms with Crippen molar-refractivity contribution in [2.75, 3.05) is 0 Å². The summed E-state index contributed by atoms with van der Waals surface area (Å²) in [4.78, 5) is 12.0. The summed E-state index contributed by atoms with van der Waals surface area (Å²) in [5.74, 6) is -4.34. The molecule has 1 aromatic carbocycles. The Morgan fingerprint density at radius 3 is 2.41 bits per heavy atom. The Morgan fingerprint density at radius 2 is 1.86 bits per heavy atom. The second-order valence-electron chi connectivity index (χ2n) is 5.93. The molecule has 2 unspecified atom stereocenters. The van der Waals surface area contributed by atoms with Gasteiger partial charge in [0.15, 0.2) is 5.83 Å². The zero-order valence-electron chi connectivity index (χ0n) is 12.2. The molecule has 1 aromatic rings. The van der Waals surface area contributed by atoms with Crippen LogP contribution in [0.3, 0.4) is 0 Å². The van der Waals surface area contributed by atoms with E-state index in [-0.39, 0.29) is 6.61 Å². The van der Waals surface area contributed by atoms with Crippen molar-refractivity contribution in [3.05, 3.63) is 47.8 Å². The minimum atomic E-state index is -5.02. The van der Waals surface area contributed by atoms with Crippen molar-refractivity contribution < 1.29 is 27.1 Å². The number of halogens is 4.